The Morgan fingerprint density at radius 3 is 2.94 bits per heavy atom. The van der Waals surface area contributed by atoms with E-state index in [1.807, 2.05) is 11.3 Å². The predicted molar refractivity (Wildman–Crippen MR) is 80.2 cm³/mol. The molecule has 3 nitrogen and oxygen atoms in total. The Bertz CT molecular complexity index is 548. The van der Waals surface area contributed by atoms with Gasteiger partial charge >= 0.3 is 0 Å². The van der Waals surface area contributed by atoms with Crippen molar-refractivity contribution < 1.29 is 0 Å². The van der Waals surface area contributed by atoms with Crippen molar-refractivity contribution in [1.29, 1.82) is 0 Å². The lowest BCUT2D eigenvalue weighted by atomic mass is 10.2. The predicted octanol–water partition coefficient (Wildman–Crippen LogP) is 3.03. The quantitative estimate of drug-likeness (QED) is 0.919. The Balaban J connectivity index is 1.88. The van der Waals surface area contributed by atoms with Crippen molar-refractivity contribution in [1.82, 2.24) is 15.2 Å². The van der Waals surface area contributed by atoms with Gasteiger partial charge in [-0.25, -0.2) is 4.98 Å². The lowest BCUT2D eigenvalue weighted by Crippen LogP contribution is -2.44. The lowest BCUT2D eigenvalue weighted by molar-refractivity contribution is 0.185. The monoisotopic (exact) mass is 325 g/mol. The van der Waals surface area contributed by atoms with E-state index >= 15 is 0 Å². The average molecular weight is 326 g/mol. The Labute approximate surface area is 119 Å². The molecule has 18 heavy (non-hydrogen) atoms. The number of nitrogens with one attached hydrogen (secondary N) is 1. The minimum atomic E-state index is 0.420. The van der Waals surface area contributed by atoms with Crippen LogP contribution in [0.1, 0.15) is 18.0 Å². The van der Waals surface area contributed by atoms with Crippen LogP contribution in [0.15, 0.2) is 22.7 Å². The van der Waals surface area contributed by atoms with Gasteiger partial charge in [0, 0.05) is 30.7 Å². The van der Waals surface area contributed by atoms with Crippen LogP contribution in [0.5, 0.6) is 0 Å². The summed E-state index contributed by atoms with van der Waals surface area (Å²) in [7, 11) is 0. The number of nitrogens with zero attached hydrogens (tertiary/aromatic N) is 2. The molecule has 0 aliphatic carbocycles. The van der Waals surface area contributed by atoms with Crippen molar-refractivity contribution in [2.45, 2.75) is 13.0 Å². The van der Waals surface area contributed by atoms with Gasteiger partial charge in [0.1, 0.15) is 5.01 Å². The first-order chi connectivity index (χ1) is 8.74. The van der Waals surface area contributed by atoms with E-state index in [1.54, 1.807) is 0 Å². The summed E-state index contributed by atoms with van der Waals surface area (Å²) in [6.07, 6.45) is 0. The topological polar surface area (TPSA) is 28.2 Å². The molecule has 1 aromatic carbocycles. The summed E-state index contributed by atoms with van der Waals surface area (Å²) in [4.78, 5) is 7.27. The van der Waals surface area contributed by atoms with Gasteiger partial charge in [0.25, 0.3) is 0 Å². The van der Waals surface area contributed by atoms with E-state index in [1.165, 1.54) is 9.71 Å². The molecule has 1 atom stereocenters. The molecule has 1 aliphatic heterocycles. The Hall–Kier alpha value is -0.490. The molecule has 0 amide bonds. The maximum atomic E-state index is 4.76. The van der Waals surface area contributed by atoms with E-state index in [0.717, 1.165) is 36.2 Å². The number of hydrogen-bond donors (Lipinski definition) is 1. The van der Waals surface area contributed by atoms with Crippen molar-refractivity contribution in [2.24, 2.45) is 0 Å². The number of thiazole rings is 1. The molecule has 0 spiro atoms. The van der Waals surface area contributed by atoms with Crippen LogP contribution in [0, 0.1) is 0 Å². The summed E-state index contributed by atoms with van der Waals surface area (Å²) in [6.45, 7) is 6.65. The van der Waals surface area contributed by atoms with E-state index in [-0.39, 0.29) is 0 Å². The van der Waals surface area contributed by atoms with Crippen molar-refractivity contribution >= 4 is 37.5 Å². The number of aromatic nitrogens is 1. The number of piperazine rings is 1. The summed E-state index contributed by atoms with van der Waals surface area (Å²) >= 11 is 5.33. The number of hydrogen-bond acceptors (Lipinski definition) is 4. The Kier molecular flexibility index (Phi) is 3.66. The molecular weight excluding hydrogens is 310 g/mol. The van der Waals surface area contributed by atoms with Gasteiger partial charge in [0.05, 0.1) is 16.3 Å². The highest BCUT2D eigenvalue weighted by atomic mass is 79.9. The normalized spacial score (nSPS) is 19.2. The molecule has 0 radical (unpaired) electrons. The van der Waals surface area contributed by atoms with Crippen LogP contribution in [-0.4, -0.2) is 36.1 Å². The van der Waals surface area contributed by atoms with Crippen LogP contribution in [0.25, 0.3) is 10.2 Å². The molecule has 1 unspecified atom stereocenters. The highest BCUT2D eigenvalue weighted by Crippen LogP contribution is 2.31. The maximum absolute atomic E-state index is 4.76. The molecular formula is C13H16BrN3S. The molecule has 1 saturated heterocycles. The van der Waals surface area contributed by atoms with Gasteiger partial charge in [-0.3, -0.25) is 4.90 Å². The van der Waals surface area contributed by atoms with Gasteiger partial charge in [-0.05, 0) is 25.1 Å². The van der Waals surface area contributed by atoms with Gasteiger partial charge in [0.15, 0.2) is 0 Å². The zero-order chi connectivity index (χ0) is 12.5. The second-order valence-corrected chi connectivity index (χ2v) is 6.60. The first-order valence-electron chi connectivity index (χ1n) is 6.25. The van der Waals surface area contributed by atoms with Crippen molar-refractivity contribution in [2.75, 3.05) is 26.2 Å². The number of halogens is 1. The molecule has 5 heteroatoms. The third-order valence-electron chi connectivity index (χ3n) is 3.42. The third-order valence-corrected chi connectivity index (χ3v) is 5.11. The van der Waals surface area contributed by atoms with Crippen LogP contribution in [0.2, 0.25) is 0 Å². The molecule has 1 aromatic heterocycles. The second kappa shape index (κ2) is 5.25. The van der Waals surface area contributed by atoms with Gasteiger partial charge in [-0.2, -0.15) is 0 Å². The standard InChI is InChI=1S/C13H16BrN3S/c1-9(17-6-4-15-5-7-17)13-16-11-3-2-10(14)8-12(11)18-13/h2-3,8-9,15H,4-7H2,1H3. The number of benzene rings is 1. The van der Waals surface area contributed by atoms with Crippen LogP contribution in [-0.2, 0) is 0 Å². The summed E-state index contributed by atoms with van der Waals surface area (Å²) < 4.78 is 2.39. The van der Waals surface area contributed by atoms with E-state index in [0.29, 0.717) is 6.04 Å². The van der Waals surface area contributed by atoms with Gasteiger partial charge < -0.3 is 5.32 Å². The van der Waals surface area contributed by atoms with Crippen LogP contribution >= 0.6 is 27.3 Å². The summed E-state index contributed by atoms with van der Waals surface area (Å²) in [5.74, 6) is 0. The van der Waals surface area contributed by atoms with Gasteiger partial charge in [0.2, 0.25) is 0 Å². The summed E-state index contributed by atoms with van der Waals surface area (Å²) in [5.41, 5.74) is 1.11. The maximum Gasteiger partial charge on any atom is 0.111 e. The molecule has 1 N–H and O–H groups in total. The fourth-order valence-electron chi connectivity index (χ4n) is 2.32. The zero-order valence-electron chi connectivity index (χ0n) is 10.3. The third kappa shape index (κ3) is 2.45. The molecule has 2 heterocycles. The number of fused-ring (bicyclic) bond motifs is 1. The van der Waals surface area contributed by atoms with Gasteiger partial charge in [-0.1, -0.05) is 15.9 Å². The molecule has 2 aromatic rings. The van der Waals surface area contributed by atoms with Crippen molar-refractivity contribution in [3.63, 3.8) is 0 Å². The van der Waals surface area contributed by atoms with Crippen LogP contribution < -0.4 is 5.32 Å². The first-order valence-corrected chi connectivity index (χ1v) is 7.86. The first kappa shape index (κ1) is 12.5. The van der Waals surface area contributed by atoms with E-state index in [4.69, 9.17) is 4.98 Å². The van der Waals surface area contributed by atoms with Crippen molar-refractivity contribution in [3.05, 3.63) is 27.7 Å². The highest BCUT2D eigenvalue weighted by molar-refractivity contribution is 9.10. The molecule has 1 fully saturated rings. The van der Waals surface area contributed by atoms with Crippen molar-refractivity contribution in [3.8, 4) is 0 Å². The molecule has 1 aliphatic rings. The SMILES string of the molecule is CC(c1nc2ccc(Br)cc2s1)N1CCNCC1. The molecule has 96 valence electrons. The van der Waals surface area contributed by atoms with E-state index < -0.39 is 0 Å². The van der Waals surface area contributed by atoms with E-state index in [2.05, 4.69) is 51.3 Å². The molecule has 0 saturated carbocycles. The second-order valence-electron chi connectivity index (χ2n) is 4.63. The average Bonchev–Trinajstić information content (AvgIpc) is 2.81. The highest BCUT2D eigenvalue weighted by Gasteiger charge is 2.20. The Morgan fingerprint density at radius 2 is 2.17 bits per heavy atom. The lowest BCUT2D eigenvalue weighted by Gasteiger charge is -2.31. The van der Waals surface area contributed by atoms with Crippen LogP contribution in [0.3, 0.4) is 0 Å². The number of rotatable bonds is 2. The Morgan fingerprint density at radius 1 is 1.39 bits per heavy atom. The van der Waals surface area contributed by atoms with E-state index in [9.17, 15) is 0 Å². The zero-order valence-corrected chi connectivity index (χ0v) is 12.7. The minimum absolute atomic E-state index is 0.420. The smallest absolute Gasteiger partial charge is 0.111 e. The fourth-order valence-corrected chi connectivity index (χ4v) is 3.93. The summed E-state index contributed by atoms with van der Waals surface area (Å²) in [6, 6.07) is 6.72. The molecule has 0 bridgehead atoms. The van der Waals surface area contributed by atoms with Crippen LogP contribution in [0.4, 0.5) is 0 Å². The minimum Gasteiger partial charge on any atom is -0.314 e. The fraction of sp³-hybridized carbons (Fsp3) is 0.462. The molecule has 3 rings (SSSR count). The van der Waals surface area contributed by atoms with Gasteiger partial charge in [-0.15, -0.1) is 11.3 Å². The summed E-state index contributed by atoms with van der Waals surface area (Å²) in [5, 5.41) is 4.62. The largest absolute Gasteiger partial charge is 0.314 e.